The van der Waals surface area contributed by atoms with E-state index >= 15 is 0 Å². The maximum absolute atomic E-state index is 11.9. The van der Waals surface area contributed by atoms with Gasteiger partial charge in [-0.3, -0.25) is 9.59 Å². The minimum Gasteiger partial charge on any atom is -0.465 e. The Bertz CT molecular complexity index is 307. The van der Waals surface area contributed by atoms with Crippen LogP contribution < -0.4 is 0 Å². The van der Waals surface area contributed by atoms with Crippen LogP contribution in [0.15, 0.2) is 11.6 Å². The van der Waals surface area contributed by atoms with Gasteiger partial charge in [-0.1, -0.05) is 25.5 Å². The lowest BCUT2D eigenvalue weighted by Crippen LogP contribution is -2.39. The summed E-state index contributed by atoms with van der Waals surface area (Å²) in [5.74, 6) is -1.98. The lowest BCUT2D eigenvalue weighted by molar-refractivity contribution is -0.165. The molecule has 0 aliphatic carbocycles. The molecule has 0 unspecified atom stereocenters. The summed E-state index contributed by atoms with van der Waals surface area (Å²) in [5.41, 5.74) is 0.413. The molecule has 0 aliphatic heterocycles. The highest BCUT2D eigenvalue weighted by Gasteiger charge is 2.41. The van der Waals surface area contributed by atoms with Crippen LogP contribution in [0.5, 0.6) is 0 Å². The number of rotatable bonds is 6. The Morgan fingerprint density at radius 3 is 1.72 bits per heavy atom. The van der Waals surface area contributed by atoms with Gasteiger partial charge in [0, 0.05) is 5.41 Å². The third-order valence-electron chi connectivity index (χ3n) is 2.45. The number of esters is 2. The standard InChI is InChI=1S/C14H24O4/c1-7-17-12(15)11(13(16)18-8-2)14(5,6)9-10(3)4/h9,11H,7-8H2,1-6H3. The maximum Gasteiger partial charge on any atom is 0.321 e. The van der Waals surface area contributed by atoms with Gasteiger partial charge in [0.1, 0.15) is 0 Å². The topological polar surface area (TPSA) is 52.6 Å². The molecule has 104 valence electrons. The predicted molar refractivity (Wildman–Crippen MR) is 70.0 cm³/mol. The maximum atomic E-state index is 11.9. The monoisotopic (exact) mass is 256 g/mol. The zero-order valence-electron chi connectivity index (χ0n) is 12.2. The third-order valence-corrected chi connectivity index (χ3v) is 2.45. The molecule has 18 heavy (non-hydrogen) atoms. The Labute approximate surface area is 109 Å². The van der Waals surface area contributed by atoms with Crippen molar-refractivity contribution in [1.82, 2.24) is 0 Å². The lowest BCUT2D eigenvalue weighted by Gasteiger charge is -2.28. The second-order valence-corrected chi connectivity index (χ2v) is 4.98. The van der Waals surface area contributed by atoms with E-state index < -0.39 is 23.3 Å². The molecule has 0 aromatic carbocycles. The van der Waals surface area contributed by atoms with Crippen molar-refractivity contribution < 1.29 is 19.1 Å². The normalized spacial score (nSPS) is 11.1. The third kappa shape index (κ3) is 4.90. The summed E-state index contributed by atoms with van der Waals surface area (Å²) in [7, 11) is 0. The predicted octanol–water partition coefficient (Wildman–Crippen LogP) is 2.72. The van der Waals surface area contributed by atoms with Gasteiger partial charge in [0.05, 0.1) is 13.2 Å². The van der Waals surface area contributed by atoms with Gasteiger partial charge < -0.3 is 9.47 Å². The molecule has 0 aromatic rings. The molecule has 0 bridgehead atoms. The van der Waals surface area contributed by atoms with Crippen molar-refractivity contribution in [3.63, 3.8) is 0 Å². The Morgan fingerprint density at radius 2 is 1.44 bits per heavy atom. The quantitative estimate of drug-likeness (QED) is 0.416. The van der Waals surface area contributed by atoms with Gasteiger partial charge in [0.25, 0.3) is 0 Å². The fourth-order valence-electron chi connectivity index (χ4n) is 1.98. The fraction of sp³-hybridized carbons (Fsp3) is 0.714. The molecule has 0 amide bonds. The Morgan fingerprint density at radius 1 is 1.06 bits per heavy atom. The van der Waals surface area contributed by atoms with Crippen LogP contribution in [0.3, 0.4) is 0 Å². The molecule has 0 heterocycles. The van der Waals surface area contributed by atoms with E-state index in [4.69, 9.17) is 9.47 Å². The van der Waals surface area contributed by atoms with Crippen LogP contribution >= 0.6 is 0 Å². The molecule has 0 aromatic heterocycles. The molecular weight excluding hydrogens is 232 g/mol. The molecule has 4 heteroatoms. The summed E-state index contributed by atoms with van der Waals surface area (Å²) in [6.07, 6.45) is 1.89. The van der Waals surface area contributed by atoms with Crippen LogP contribution in [-0.2, 0) is 19.1 Å². The second-order valence-electron chi connectivity index (χ2n) is 4.98. The number of hydrogen-bond donors (Lipinski definition) is 0. The summed E-state index contributed by atoms with van der Waals surface area (Å²) < 4.78 is 9.94. The van der Waals surface area contributed by atoms with E-state index in [-0.39, 0.29) is 13.2 Å². The molecule has 0 fully saturated rings. The van der Waals surface area contributed by atoms with Crippen LogP contribution in [0.4, 0.5) is 0 Å². The lowest BCUT2D eigenvalue weighted by atomic mass is 9.77. The minimum atomic E-state index is -0.924. The first-order chi connectivity index (χ1) is 8.26. The molecule has 0 saturated heterocycles. The Balaban J connectivity index is 5.26. The van der Waals surface area contributed by atoms with Crippen molar-refractivity contribution in [1.29, 1.82) is 0 Å². The van der Waals surface area contributed by atoms with E-state index in [1.165, 1.54) is 0 Å². The number of hydrogen-bond acceptors (Lipinski definition) is 4. The van der Waals surface area contributed by atoms with Crippen LogP contribution in [0.1, 0.15) is 41.5 Å². The number of carbonyl (C=O) groups excluding carboxylic acids is 2. The number of allylic oxidation sites excluding steroid dienone is 2. The first kappa shape index (κ1) is 16.7. The van der Waals surface area contributed by atoms with E-state index in [1.807, 2.05) is 33.8 Å². The minimum absolute atomic E-state index is 0.250. The zero-order chi connectivity index (χ0) is 14.3. The van der Waals surface area contributed by atoms with Gasteiger partial charge in [0.15, 0.2) is 5.92 Å². The van der Waals surface area contributed by atoms with Gasteiger partial charge in [-0.2, -0.15) is 0 Å². The zero-order valence-corrected chi connectivity index (χ0v) is 12.2. The highest BCUT2D eigenvalue weighted by molar-refractivity contribution is 5.96. The summed E-state index contributed by atoms with van der Waals surface area (Å²) >= 11 is 0. The van der Waals surface area contributed by atoms with E-state index in [2.05, 4.69) is 0 Å². The van der Waals surface area contributed by atoms with Crippen molar-refractivity contribution in [2.75, 3.05) is 13.2 Å². The number of carbonyl (C=O) groups is 2. The van der Waals surface area contributed by atoms with Crippen LogP contribution in [0.2, 0.25) is 0 Å². The molecule has 0 aliphatic rings. The van der Waals surface area contributed by atoms with Crippen molar-refractivity contribution in [2.45, 2.75) is 41.5 Å². The van der Waals surface area contributed by atoms with E-state index in [0.29, 0.717) is 0 Å². The molecule has 0 saturated carbocycles. The SMILES string of the molecule is CCOC(=O)C(C(=O)OCC)C(C)(C)C=C(C)C. The van der Waals surface area contributed by atoms with Crippen LogP contribution in [-0.4, -0.2) is 25.2 Å². The van der Waals surface area contributed by atoms with Crippen LogP contribution in [0, 0.1) is 11.3 Å². The second kappa shape index (κ2) is 7.19. The highest BCUT2D eigenvalue weighted by atomic mass is 16.6. The van der Waals surface area contributed by atoms with Crippen LogP contribution in [0.25, 0.3) is 0 Å². The van der Waals surface area contributed by atoms with Crippen molar-refractivity contribution in [3.8, 4) is 0 Å². The van der Waals surface area contributed by atoms with Crippen molar-refractivity contribution in [3.05, 3.63) is 11.6 Å². The Hall–Kier alpha value is -1.32. The van der Waals surface area contributed by atoms with E-state index in [9.17, 15) is 9.59 Å². The molecule has 0 N–H and O–H groups in total. The van der Waals surface area contributed by atoms with Gasteiger partial charge in [0.2, 0.25) is 0 Å². The first-order valence-electron chi connectivity index (χ1n) is 6.25. The molecule has 0 radical (unpaired) electrons. The van der Waals surface area contributed by atoms with Crippen molar-refractivity contribution >= 4 is 11.9 Å². The van der Waals surface area contributed by atoms with E-state index in [0.717, 1.165) is 5.57 Å². The van der Waals surface area contributed by atoms with Crippen molar-refractivity contribution in [2.24, 2.45) is 11.3 Å². The summed E-state index contributed by atoms with van der Waals surface area (Å²) in [5, 5.41) is 0. The average Bonchev–Trinajstić information content (AvgIpc) is 2.15. The molecular formula is C14H24O4. The smallest absolute Gasteiger partial charge is 0.321 e. The molecule has 0 atom stereocenters. The average molecular weight is 256 g/mol. The van der Waals surface area contributed by atoms with Gasteiger partial charge in [-0.15, -0.1) is 0 Å². The first-order valence-corrected chi connectivity index (χ1v) is 6.25. The van der Waals surface area contributed by atoms with E-state index in [1.54, 1.807) is 13.8 Å². The largest absolute Gasteiger partial charge is 0.465 e. The highest BCUT2D eigenvalue weighted by Crippen LogP contribution is 2.32. The number of ether oxygens (including phenoxy) is 2. The van der Waals surface area contributed by atoms with Gasteiger partial charge in [-0.05, 0) is 27.7 Å². The molecule has 4 nitrogen and oxygen atoms in total. The molecule has 0 spiro atoms. The van der Waals surface area contributed by atoms with Gasteiger partial charge >= 0.3 is 11.9 Å². The molecule has 0 rings (SSSR count). The van der Waals surface area contributed by atoms with Gasteiger partial charge in [-0.25, -0.2) is 0 Å². The fourth-order valence-corrected chi connectivity index (χ4v) is 1.98. The Kier molecular flexibility index (Phi) is 6.66. The summed E-state index contributed by atoms with van der Waals surface area (Å²) in [6.45, 7) is 11.4. The summed E-state index contributed by atoms with van der Waals surface area (Å²) in [4.78, 5) is 23.9. The summed E-state index contributed by atoms with van der Waals surface area (Å²) in [6, 6.07) is 0.